The first-order valence-corrected chi connectivity index (χ1v) is 8.01. The molecule has 0 aliphatic heterocycles. The Bertz CT molecular complexity index is 494. The number of hydrogen-bond donors (Lipinski definition) is 2. The van der Waals surface area contributed by atoms with Gasteiger partial charge in [0.25, 0.3) is 0 Å². The van der Waals surface area contributed by atoms with Gasteiger partial charge in [0.2, 0.25) is 5.91 Å². The highest BCUT2D eigenvalue weighted by atomic mass is 32.2. The number of carbonyl (C=O) groups excluding carboxylic acids is 1. The number of rotatable bonds is 7. The van der Waals surface area contributed by atoms with Gasteiger partial charge in [-0.25, -0.2) is 4.79 Å². The van der Waals surface area contributed by atoms with Gasteiger partial charge in [0, 0.05) is 17.1 Å². The fraction of sp³-hybridized carbons (Fsp3) is 0.500. The van der Waals surface area contributed by atoms with Crippen LogP contribution in [-0.4, -0.2) is 28.8 Å². The van der Waals surface area contributed by atoms with Crippen LogP contribution in [0.5, 0.6) is 0 Å². The van der Waals surface area contributed by atoms with Gasteiger partial charge < -0.3 is 10.4 Å². The molecule has 21 heavy (non-hydrogen) atoms. The topological polar surface area (TPSA) is 66.4 Å². The van der Waals surface area contributed by atoms with Crippen molar-refractivity contribution in [2.75, 3.05) is 5.75 Å². The lowest BCUT2D eigenvalue weighted by Gasteiger charge is -2.17. The summed E-state index contributed by atoms with van der Waals surface area (Å²) in [5, 5.41) is 11.6. The zero-order valence-electron chi connectivity index (χ0n) is 13.0. The standard InChI is InChI=1S/C16H23NO3S/c1-10(2)15(16(19)20)17-14(18)5-6-21-13-8-11(3)7-12(4)9-13/h7-10,15H,5-6H2,1-4H3,(H,17,18)(H,19,20). The molecule has 0 heterocycles. The summed E-state index contributed by atoms with van der Waals surface area (Å²) in [4.78, 5) is 24.0. The van der Waals surface area contributed by atoms with Crippen molar-refractivity contribution in [1.82, 2.24) is 5.32 Å². The van der Waals surface area contributed by atoms with E-state index in [2.05, 4.69) is 23.5 Å². The number of carboxylic acids is 1. The van der Waals surface area contributed by atoms with Gasteiger partial charge in [0.1, 0.15) is 6.04 Å². The van der Waals surface area contributed by atoms with Crippen LogP contribution in [0.4, 0.5) is 0 Å². The van der Waals surface area contributed by atoms with Gasteiger partial charge in [0.05, 0.1) is 0 Å². The molecule has 1 unspecified atom stereocenters. The summed E-state index contributed by atoms with van der Waals surface area (Å²) >= 11 is 1.61. The minimum absolute atomic E-state index is 0.126. The molecule has 116 valence electrons. The Hall–Kier alpha value is -1.49. The highest BCUT2D eigenvalue weighted by Crippen LogP contribution is 2.21. The summed E-state index contributed by atoms with van der Waals surface area (Å²) in [6, 6.07) is 5.47. The summed E-state index contributed by atoms with van der Waals surface area (Å²) in [5.41, 5.74) is 2.40. The molecule has 0 bridgehead atoms. The molecule has 1 atom stereocenters. The SMILES string of the molecule is Cc1cc(C)cc(SCCC(=O)NC(C(=O)O)C(C)C)c1. The number of benzene rings is 1. The third-order valence-corrected chi connectivity index (χ3v) is 4.02. The van der Waals surface area contributed by atoms with Crippen molar-refractivity contribution in [3.05, 3.63) is 29.3 Å². The molecule has 0 aliphatic carbocycles. The first-order chi connectivity index (χ1) is 9.79. The smallest absolute Gasteiger partial charge is 0.326 e. The Kier molecular flexibility index (Phi) is 6.75. The Morgan fingerprint density at radius 3 is 2.24 bits per heavy atom. The second-order valence-corrected chi connectivity index (χ2v) is 6.72. The predicted octanol–water partition coefficient (Wildman–Crippen LogP) is 3.01. The molecule has 0 aromatic heterocycles. The van der Waals surface area contributed by atoms with E-state index in [0.717, 1.165) is 4.90 Å². The normalized spacial score (nSPS) is 12.2. The molecule has 4 nitrogen and oxygen atoms in total. The molecule has 5 heteroatoms. The third-order valence-electron chi connectivity index (χ3n) is 3.04. The van der Waals surface area contributed by atoms with Crippen molar-refractivity contribution in [2.45, 2.75) is 45.1 Å². The second-order valence-electron chi connectivity index (χ2n) is 5.55. The minimum atomic E-state index is -0.986. The van der Waals surface area contributed by atoms with Gasteiger partial charge in [-0.15, -0.1) is 11.8 Å². The Morgan fingerprint density at radius 2 is 1.76 bits per heavy atom. The molecular weight excluding hydrogens is 286 g/mol. The molecule has 0 aliphatic rings. The Morgan fingerprint density at radius 1 is 1.19 bits per heavy atom. The van der Waals surface area contributed by atoms with Crippen molar-refractivity contribution in [1.29, 1.82) is 0 Å². The molecule has 1 rings (SSSR count). The maximum atomic E-state index is 11.8. The van der Waals surface area contributed by atoms with E-state index < -0.39 is 12.0 Å². The van der Waals surface area contributed by atoms with Crippen LogP contribution in [0, 0.1) is 19.8 Å². The van der Waals surface area contributed by atoms with Crippen molar-refractivity contribution in [3.63, 3.8) is 0 Å². The zero-order valence-corrected chi connectivity index (χ0v) is 13.8. The number of carboxylic acid groups (broad SMARTS) is 1. The third kappa shape index (κ3) is 6.21. The quantitative estimate of drug-likeness (QED) is 0.760. The fourth-order valence-electron chi connectivity index (χ4n) is 2.04. The van der Waals surface area contributed by atoms with Gasteiger partial charge in [-0.2, -0.15) is 0 Å². The van der Waals surface area contributed by atoms with Crippen LogP contribution >= 0.6 is 11.8 Å². The summed E-state index contributed by atoms with van der Waals surface area (Å²) < 4.78 is 0. The number of amides is 1. The first kappa shape index (κ1) is 17.6. The van der Waals surface area contributed by atoms with E-state index >= 15 is 0 Å². The molecular formula is C16H23NO3S. The van der Waals surface area contributed by atoms with Crippen LogP contribution in [0.15, 0.2) is 23.1 Å². The molecule has 1 aromatic carbocycles. The van der Waals surface area contributed by atoms with E-state index in [4.69, 9.17) is 5.11 Å². The largest absolute Gasteiger partial charge is 0.480 e. The highest BCUT2D eigenvalue weighted by Gasteiger charge is 2.22. The molecule has 0 radical (unpaired) electrons. The summed E-state index contributed by atoms with van der Waals surface area (Å²) in [6.07, 6.45) is 0.314. The highest BCUT2D eigenvalue weighted by molar-refractivity contribution is 7.99. The predicted molar refractivity (Wildman–Crippen MR) is 85.7 cm³/mol. The van der Waals surface area contributed by atoms with E-state index in [1.165, 1.54) is 11.1 Å². The number of thioether (sulfide) groups is 1. The van der Waals surface area contributed by atoms with E-state index in [1.807, 2.05) is 13.8 Å². The average molecular weight is 309 g/mol. The molecule has 0 saturated heterocycles. The van der Waals surface area contributed by atoms with Crippen LogP contribution in [0.25, 0.3) is 0 Å². The lowest BCUT2D eigenvalue weighted by Crippen LogP contribution is -2.44. The minimum Gasteiger partial charge on any atom is -0.480 e. The maximum Gasteiger partial charge on any atom is 0.326 e. The van der Waals surface area contributed by atoms with Crippen LogP contribution < -0.4 is 5.32 Å². The monoisotopic (exact) mass is 309 g/mol. The van der Waals surface area contributed by atoms with Gasteiger partial charge in [-0.1, -0.05) is 19.9 Å². The summed E-state index contributed by atoms with van der Waals surface area (Å²) in [7, 11) is 0. The lowest BCUT2D eigenvalue weighted by atomic mass is 10.0. The van der Waals surface area contributed by atoms with Crippen molar-refractivity contribution in [3.8, 4) is 0 Å². The number of hydrogen-bond acceptors (Lipinski definition) is 3. The van der Waals surface area contributed by atoms with Crippen LogP contribution in [0.1, 0.15) is 31.4 Å². The zero-order chi connectivity index (χ0) is 16.0. The number of carbonyl (C=O) groups is 2. The fourth-order valence-corrected chi connectivity index (χ4v) is 3.10. The van der Waals surface area contributed by atoms with Gasteiger partial charge in [-0.3, -0.25) is 4.79 Å². The van der Waals surface area contributed by atoms with E-state index in [1.54, 1.807) is 25.6 Å². The van der Waals surface area contributed by atoms with Gasteiger partial charge in [-0.05, 0) is 43.0 Å². The first-order valence-electron chi connectivity index (χ1n) is 7.03. The van der Waals surface area contributed by atoms with Crippen molar-refractivity contribution < 1.29 is 14.7 Å². The molecule has 0 saturated carbocycles. The average Bonchev–Trinajstić information content (AvgIpc) is 2.34. The maximum absolute atomic E-state index is 11.8. The number of nitrogens with one attached hydrogen (secondary N) is 1. The van der Waals surface area contributed by atoms with Gasteiger partial charge >= 0.3 is 5.97 Å². The Balaban J connectivity index is 2.44. The number of aliphatic carboxylic acids is 1. The summed E-state index contributed by atoms with van der Waals surface area (Å²) in [6.45, 7) is 7.65. The van der Waals surface area contributed by atoms with Crippen LogP contribution in [0.3, 0.4) is 0 Å². The molecule has 0 fully saturated rings. The van der Waals surface area contributed by atoms with Crippen LogP contribution in [-0.2, 0) is 9.59 Å². The Labute approximate surface area is 130 Å². The summed E-state index contributed by atoms with van der Waals surface area (Å²) in [5.74, 6) is -0.689. The lowest BCUT2D eigenvalue weighted by molar-refractivity contribution is -0.143. The second kappa shape index (κ2) is 8.08. The molecule has 2 N–H and O–H groups in total. The van der Waals surface area contributed by atoms with Crippen LogP contribution in [0.2, 0.25) is 0 Å². The molecule has 0 spiro atoms. The number of aryl methyl sites for hydroxylation is 2. The molecule has 1 amide bonds. The van der Waals surface area contributed by atoms with E-state index in [9.17, 15) is 9.59 Å². The molecule has 1 aromatic rings. The van der Waals surface area contributed by atoms with Crippen molar-refractivity contribution >= 4 is 23.6 Å². The van der Waals surface area contributed by atoms with Gasteiger partial charge in [0.15, 0.2) is 0 Å². The van der Waals surface area contributed by atoms with Crippen molar-refractivity contribution in [2.24, 2.45) is 5.92 Å². The van der Waals surface area contributed by atoms with E-state index in [0.29, 0.717) is 12.2 Å². The van der Waals surface area contributed by atoms with E-state index in [-0.39, 0.29) is 11.8 Å².